The standard InChI is InChI=1S/C25H36N2O3/c1-4-5-6-7-8-16-29-23-14-12-21(13-15-23)26-18-25(28)27-22-10-9-11-24(17-22)30-19-20(2)3/h9-15,17,20,26H,4-8,16,18-19H2,1-3H3,(H,27,28). The van der Waals surface area contributed by atoms with Gasteiger partial charge in [-0.05, 0) is 48.7 Å². The molecule has 2 rings (SSSR count). The number of benzene rings is 2. The summed E-state index contributed by atoms with van der Waals surface area (Å²) >= 11 is 0. The fourth-order valence-electron chi connectivity index (χ4n) is 2.88. The highest BCUT2D eigenvalue weighted by molar-refractivity contribution is 5.93. The molecule has 0 radical (unpaired) electrons. The van der Waals surface area contributed by atoms with Crippen LogP contribution in [0, 0.1) is 5.92 Å². The van der Waals surface area contributed by atoms with Crippen molar-refractivity contribution in [3.63, 3.8) is 0 Å². The molecule has 0 aromatic heterocycles. The fourth-order valence-corrected chi connectivity index (χ4v) is 2.88. The predicted octanol–water partition coefficient (Wildman–Crippen LogP) is 6.12. The molecule has 1 amide bonds. The van der Waals surface area contributed by atoms with E-state index >= 15 is 0 Å². The lowest BCUT2D eigenvalue weighted by molar-refractivity contribution is -0.114. The summed E-state index contributed by atoms with van der Waals surface area (Å²) in [6, 6.07) is 15.2. The average Bonchev–Trinajstić information content (AvgIpc) is 2.74. The molecule has 0 atom stereocenters. The minimum atomic E-state index is -0.108. The lowest BCUT2D eigenvalue weighted by Crippen LogP contribution is -2.21. The molecule has 2 N–H and O–H groups in total. The maximum atomic E-state index is 12.2. The number of carbonyl (C=O) groups excluding carboxylic acids is 1. The second-order valence-corrected chi connectivity index (χ2v) is 7.92. The smallest absolute Gasteiger partial charge is 0.243 e. The molecule has 0 heterocycles. The van der Waals surface area contributed by atoms with Gasteiger partial charge in [0.2, 0.25) is 5.91 Å². The van der Waals surface area contributed by atoms with Crippen LogP contribution in [0.3, 0.4) is 0 Å². The lowest BCUT2D eigenvalue weighted by Gasteiger charge is -2.12. The predicted molar refractivity (Wildman–Crippen MR) is 125 cm³/mol. The fraction of sp³-hybridized carbons (Fsp3) is 0.480. The number of hydrogen-bond donors (Lipinski definition) is 2. The van der Waals surface area contributed by atoms with Crippen molar-refractivity contribution in [2.45, 2.75) is 52.9 Å². The van der Waals surface area contributed by atoms with Gasteiger partial charge in [-0.3, -0.25) is 4.79 Å². The summed E-state index contributed by atoms with van der Waals surface area (Å²) in [5, 5.41) is 6.03. The first-order valence-electron chi connectivity index (χ1n) is 11.1. The normalized spacial score (nSPS) is 10.7. The summed E-state index contributed by atoms with van der Waals surface area (Å²) in [6.45, 7) is 8.01. The first-order chi connectivity index (χ1) is 14.6. The third kappa shape index (κ3) is 9.68. The number of amides is 1. The van der Waals surface area contributed by atoms with E-state index < -0.39 is 0 Å². The number of rotatable bonds is 14. The molecule has 2 aromatic rings. The van der Waals surface area contributed by atoms with Crippen molar-refractivity contribution in [3.8, 4) is 11.5 Å². The van der Waals surface area contributed by atoms with Gasteiger partial charge in [-0.25, -0.2) is 0 Å². The van der Waals surface area contributed by atoms with Crippen LogP contribution in [0.5, 0.6) is 11.5 Å². The van der Waals surface area contributed by atoms with Crippen LogP contribution in [-0.2, 0) is 4.79 Å². The zero-order valence-corrected chi connectivity index (χ0v) is 18.6. The van der Waals surface area contributed by atoms with E-state index in [9.17, 15) is 4.79 Å². The van der Waals surface area contributed by atoms with Crippen molar-refractivity contribution in [2.75, 3.05) is 30.4 Å². The number of anilines is 2. The molecule has 164 valence electrons. The van der Waals surface area contributed by atoms with Gasteiger partial charge < -0.3 is 20.1 Å². The Kier molecular flexibility index (Phi) is 10.6. The zero-order chi connectivity index (χ0) is 21.6. The highest BCUT2D eigenvalue weighted by atomic mass is 16.5. The summed E-state index contributed by atoms with van der Waals surface area (Å²) in [5.41, 5.74) is 1.61. The Morgan fingerprint density at radius 1 is 0.900 bits per heavy atom. The average molecular weight is 413 g/mol. The minimum Gasteiger partial charge on any atom is -0.494 e. The van der Waals surface area contributed by atoms with Crippen LogP contribution >= 0.6 is 0 Å². The summed E-state index contributed by atoms with van der Waals surface area (Å²) in [5.74, 6) is 1.97. The largest absolute Gasteiger partial charge is 0.494 e. The number of hydrogen-bond acceptors (Lipinski definition) is 4. The number of nitrogens with one attached hydrogen (secondary N) is 2. The topological polar surface area (TPSA) is 59.6 Å². The van der Waals surface area contributed by atoms with E-state index in [1.165, 1.54) is 25.7 Å². The molecule has 5 nitrogen and oxygen atoms in total. The number of carbonyl (C=O) groups is 1. The van der Waals surface area contributed by atoms with Gasteiger partial charge in [0.25, 0.3) is 0 Å². The zero-order valence-electron chi connectivity index (χ0n) is 18.6. The Bertz CT molecular complexity index is 744. The number of unbranched alkanes of at least 4 members (excludes halogenated alkanes) is 4. The van der Waals surface area contributed by atoms with Crippen molar-refractivity contribution in [3.05, 3.63) is 48.5 Å². The van der Waals surface area contributed by atoms with Crippen LogP contribution < -0.4 is 20.1 Å². The van der Waals surface area contributed by atoms with Crippen LogP contribution in [0.25, 0.3) is 0 Å². The summed E-state index contributed by atoms with van der Waals surface area (Å²) < 4.78 is 11.5. The Labute approximate surface area is 181 Å². The van der Waals surface area contributed by atoms with Crippen molar-refractivity contribution in [2.24, 2.45) is 5.92 Å². The summed E-state index contributed by atoms with van der Waals surface area (Å²) in [6.07, 6.45) is 6.14. The van der Waals surface area contributed by atoms with Crippen LogP contribution in [0.2, 0.25) is 0 Å². The third-order valence-corrected chi connectivity index (χ3v) is 4.53. The molecule has 5 heteroatoms. The molecule has 0 saturated carbocycles. The first-order valence-corrected chi connectivity index (χ1v) is 11.1. The Hall–Kier alpha value is -2.69. The van der Waals surface area contributed by atoms with Crippen LogP contribution in [0.4, 0.5) is 11.4 Å². The molecular formula is C25H36N2O3. The minimum absolute atomic E-state index is 0.108. The van der Waals surface area contributed by atoms with Crippen molar-refractivity contribution >= 4 is 17.3 Å². The Balaban J connectivity index is 1.70. The third-order valence-electron chi connectivity index (χ3n) is 4.53. The molecule has 0 aliphatic rings. The van der Waals surface area contributed by atoms with E-state index in [1.54, 1.807) is 0 Å². The van der Waals surface area contributed by atoms with E-state index in [2.05, 4.69) is 31.4 Å². The van der Waals surface area contributed by atoms with Gasteiger partial charge in [0.15, 0.2) is 0 Å². The molecule has 0 spiro atoms. The molecule has 0 aliphatic heterocycles. The summed E-state index contributed by atoms with van der Waals surface area (Å²) in [4.78, 5) is 12.2. The van der Waals surface area contributed by atoms with Gasteiger partial charge in [-0.2, -0.15) is 0 Å². The first kappa shape index (κ1) is 23.6. The maximum absolute atomic E-state index is 12.2. The number of ether oxygens (including phenoxy) is 2. The SMILES string of the molecule is CCCCCCCOc1ccc(NCC(=O)Nc2cccc(OCC(C)C)c2)cc1. The van der Waals surface area contributed by atoms with Gasteiger partial charge >= 0.3 is 0 Å². The van der Waals surface area contributed by atoms with Crippen LogP contribution in [0.15, 0.2) is 48.5 Å². The highest BCUT2D eigenvalue weighted by Crippen LogP contribution is 2.19. The van der Waals surface area contributed by atoms with Gasteiger partial charge in [0.1, 0.15) is 11.5 Å². The second-order valence-electron chi connectivity index (χ2n) is 7.92. The summed E-state index contributed by atoms with van der Waals surface area (Å²) in [7, 11) is 0. The molecule has 0 bridgehead atoms. The molecular weight excluding hydrogens is 376 g/mol. The molecule has 30 heavy (non-hydrogen) atoms. The monoisotopic (exact) mass is 412 g/mol. The Morgan fingerprint density at radius 2 is 1.67 bits per heavy atom. The van der Waals surface area contributed by atoms with E-state index in [0.29, 0.717) is 12.5 Å². The van der Waals surface area contributed by atoms with Gasteiger partial charge in [0.05, 0.1) is 19.8 Å². The van der Waals surface area contributed by atoms with E-state index in [0.717, 1.165) is 35.9 Å². The lowest BCUT2D eigenvalue weighted by atomic mass is 10.2. The van der Waals surface area contributed by atoms with E-state index in [1.807, 2.05) is 48.5 Å². The van der Waals surface area contributed by atoms with Crippen LogP contribution in [0.1, 0.15) is 52.9 Å². The molecule has 0 aliphatic carbocycles. The quantitative estimate of drug-likeness (QED) is 0.367. The van der Waals surface area contributed by atoms with Crippen LogP contribution in [-0.4, -0.2) is 25.7 Å². The van der Waals surface area contributed by atoms with Gasteiger partial charge in [0, 0.05) is 17.4 Å². The van der Waals surface area contributed by atoms with Crippen molar-refractivity contribution < 1.29 is 14.3 Å². The van der Waals surface area contributed by atoms with Crippen molar-refractivity contribution in [1.29, 1.82) is 0 Å². The van der Waals surface area contributed by atoms with Gasteiger partial charge in [-0.1, -0.05) is 52.5 Å². The second kappa shape index (κ2) is 13.5. The van der Waals surface area contributed by atoms with E-state index in [-0.39, 0.29) is 12.5 Å². The van der Waals surface area contributed by atoms with Gasteiger partial charge in [-0.15, -0.1) is 0 Å². The van der Waals surface area contributed by atoms with Crippen molar-refractivity contribution in [1.82, 2.24) is 0 Å². The molecule has 0 fully saturated rings. The molecule has 0 unspecified atom stereocenters. The Morgan fingerprint density at radius 3 is 2.40 bits per heavy atom. The molecule has 2 aromatic carbocycles. The van der Waals surface area contributed by atoms with E-state index in [4.69, 9.17) is 9.47 Å². The maximum Gasteiger partial charge on any atom is 0.243 e. The molecule has 0 saturated heterocycles. The highest BCUT2D eigenvalue weighted by Gasteiger charge is 2.05.